The lowest BCUT2D eigenvalue weighted by Crippen LogP contribution is -2.21. The van der Waals surface area contributed by atoms with E-state index in [1.807, 2.05) is 42.5 Å². The van der Waals surface area contributed by atoms with E-state index in [4.69, 9.17) is 14.2 Å². The van der Waals surface area contributed by atoms with E-state index in [9.17, 15) is 9.59 Å². The molecule has 1 aliphatic rings. The minimum Gasteiger partial charge on any atom is -0.474 e. The molecule has 5 nitrogen and oxygen atoms in total. The predicted molar refractivity (Wildman–Crippen MR) is 122 cm³/mol. The van der Waals surface area contributed by atoms with Crippen molar-refractivity contribution in [2.45, 2.75) is 26.4 Å². The molecule has 0 radical (unpaired) electrons. The average Bonchev–Trinajstić information content (AvgIpc) is 3.13. The molecule has 3 aromatic carbocycles. The number of allylic oxidation sites excluding steroid dienone is 1. The Kier molecular flexibility index (Phi) is 6.36. The molecular formula is C27H24O5. The van der Waals surface area contributed by atoms with Crippen LogP contribution in [0.15, 0.2) is 78.6 Å². The smallest absolute Gasteiger partial charge is 0.352 e. The molecule has 0 spiro atoms. The lowest BCUT2D eigenvalue weighted by Gasteiger charge is -2.18. The van der Waals surface area contributed by atoms with Crippen molar-refractivity contribution in [1.82, 2.24) is 0 Å². The fraction of sp³-hybridized carbons (Fsp3) is 0.185. The number of carbonyl (C=O) groups is 2. The van der Waals surface area contributed by atoms with E-state index in [-0.39, 0.29) is 18.1 Å². The van der Waals surface area contributed by atoms with Gasteiger partial charge in [-0.25, -0.2) is 4.79 Å². The number of aryl methyl sites for hydroxylation is 1. The summed E-state index contributed by atoms with van der Waals surface area (Å²) >= 11 is 0. The summed E-state index contributed by atoms with van der Waals surface area (Å²) in [6.45, 7) is 4.09. The van der Waals surface area contributed by atoms with Gasteiger partial charge in [0.05, 0.1) is 12.2 Å². The van der Waals surface area contributed by atoms with Crippen LogP contribution >= 0.6 is 0 Å². The van der Waals surface area contributed by atoms with Gasteiger partial charge in [0.25, 0.3) is 0 Å². The van der Waals surface area contributed by atoms with E-state index in [0.717, 1.165) is 12.0 Å². The van der Waals surface area contributed by atoms with Gasteiger partial charge in [0.15, 0.2) is 5.76 Å². The van der Waals surface area contributed by atoms with Crippen molar-refractivity contribution in [3.63, 3.8) is 0 Å². The molecule has 1 atom stereocenters. The summed E-state index contributed by atoms with van der Waals surface area (Å²) in [4.78, 5) is 25.3. The van der Waals surface area contributed by atoms with Crippen LogP contribution in [0.25, 0.3) is 6.08 Å². The first-order valence-electron chi connectivity index (χ1n) is 10.6. The molecule has 0 amide bonds. The van der Waals surface area contributed by atoms with Gasteiger partial charge in [-0.2, -0.15) is 0 Å². The van der Waals surface area contributed by atoms with Gasteiger partial charge in [0, 0.05) is 11.6 Å². The molecular weight excluding hydrogens is 404 g/mol. The monoisotopic (exact) mass is 428 g/mol. The number of hydrogen-bond acceptors (Lipinski definition) is 5. The normalized spacial score (nSPS) is 14.6. The molecule has 162 valence electrons. The zero-order valence-corrected chi connectivity index (χ0v) is 18.0. The topological polar surface area (TPSA) is 61.8 Å². The summed E-state index contributed by atoms with van der Waals surface area (Å²) in [5, 5.41) is 0. The minimum atomic E-state index is -0.918. The van der Waals surface area contributed by atoms with Gasteiger partial charge >= 0.3 is 5.97 Å². The van der Waals surface area contributed by atoms with Gasteiger partial charge in [0.2, 0.25) is 11.9 Å². The number of rotatable bonds is 7. The molecule has 0 fully saturated rings. The maximum atomic E-state index is 12.8. The summed E-state index contributed by atoms with van der Waals surface area (Å²) in [6.07, 6.45) is 1.77. The Balaban J connectivity index is 1.57. The van der Waals surface area contributed by atoms with Crippen molar-refractivity contribution >= 4 is 17.8 Å². The van der Waals surface area contributed by atoms with Gasteiger partial charge in [-0.3, -0.25) is 4.79 Å². The lowest BCUT2D eigenvalue weighted by molar-refractivity contribution is -0.151. The summed E-state index contributed by atoms with van der Waals surface area (Å²) in [5.41, 5.74) is 3.26. The Morgan fingerprint density at radius 3 is 2.44 bits per heavy atom. The lowest BCUT2D eigenvalue weighted by atomic mass is 10.1. The van der Waals surface area contributed by atoms with E-state index < -0.39 is 12.1 Å². The molecule has 5 heteroatoms. The Bertz CT molecular complexity index is 1150. The second-order valence-corrected chi connectivity index (χ2v) is 7.35. The van der Waals surface area contributed by atoms with Crippen molar-refractivity contribution in [3.8, 4) is 11.5 Å². The van der Waals surface area contributed by atoms with Crippen LogP contribution in [-0.4, -0.2) is 18.4 Å². The quantitative estimate of drug-likeness (QED) is 0.365. The molecule has 32 heavy (non-hydrogen) atoms. The van der Waals surface area contributed by atoms with Crippen molar-refractivity contribution in [2.24, 2.45) is 0 Å². The molecule has 0 aliphatic carbocycles. The molecule has 0 bridgehead atoms. The Morgan fingerprint density at radius 1 is 1.00 bits per heavy atom. The molecule has 3 aromatic rings. The predicted octanol–water partition coefficient (Wildman–Crippen LogP) is 5.55. The summed E-state index contributed by atoms with van der Waals surface area (Å²) in [6, 6.07) is 22.1. The van der Waals surface area contributed by atoms with Crippen molar-refractivity contribution in [3.05, 3.63) is 101 Å². The minimum absolute atomic E-state index is 0.184. The van der Waals surface area contributed by atoms with Crippen LogP contribution < -0.4 is 9.47 Å². The van der Waals surface area contributed by atoms with Gasteiger partial charge in [-0.15, -0.1) is 0 Å². The highest BCUT2D eigenvalue weighted by atomic mass is 16.6. The highest BCUT2D eigenvalue weighted by Gasteiger charge is 2.29. The van der Waals surface area contributed by atoms with Crippen LogP contribution in [0.1, 0.15) is 47.0 Å². The first-order chi connectivity index (χ1) is 15.6. The molecule has 1 aliphatic heterocycles. The van der Waals surface area contributed by atoms with Crippen molar-refractivity contribution in [1.29, 1.82) is 0 Å². The van der Waals surface area contributed by atoms with Crippen LogP contribution in [-0.2, 0) is 16.0 Å². The maximum absolute atomic E-state index is 12.8. The molecule has 0 saturated carbocycles. The number of benzene rings is 3. The first kappa shape index (κ1) is 21.4. The fourth-order valence-corrected chi connectivity index (χ4v) is 3.48. The highest BCUT2D eigenvalue weighted by molar-refractivity contribution is 6.14. The van der Waals surface area contributed by atoms with Crippen molar-refractivity contribution < 1.29 is 23.8 Å². The third-order valence-corrected chi connectivity index (χ3v) is 5.18. The Labute approximate surface area is 187 Å². The zero-order chi connectivity index (χ0) is 22.5. The standard InChI is InChI=1S/C27H24O5/c1-3-18-10-12-19(13-11-18)16-24-25(28)22-15-14-21(17-23(22)32-24)31-26(27(29)30-4-2)20-8-6-5-7-9-20/h5-17,26H,3-4H2,1-2H3. The molecule has 0 aromatic heterocycles. The van der Waals surface area contributed by atoms with Gasteiger partial charge in [-0.1, -0.05) is 61.5 Å². The maximum Gasteiger partial charge on any atom is 0.352 e. The molecule has 0 saturated heterocycles. The SMILES string of the molecule is CCOC(=O)C(Oc1ccc2c(c1)OC(=Cc1ccc(CC)cc1)C2=O)c1ccccc1. The molecule has 1 unspecified atom stereocenters. The number of ketones is 1. The summed E-state index contributed by atoms with van der Waals surface area (Å²) < 4.78 is 17.0. The van der Waals surface area contributed by atoms with Gasteiger partial charge in [-0.05, 0) is 42.7 Å². The number of ether oxygens (including phenoxy) is 3. The van der Waals surface area contributed by atoms with Crippen LogP contribution in [0.5, 0.6) is 11.5 Å². The number of esters is 1. The van der Waals surface area contributed by atoms with E-state index in [1.165, 1.54) is 5.56 Å². The van der Waals surface area contributed by atoms with Crippen LogP contribution in [0.2, 0.25) is 0 Å². The number of hydrogen-bond donors (Lipinski definition) is 0. The van der Waals surface area contributed by atoms with Gasteiger partial charge < -0.3 is 14.2 Å². The van der Waals surface area contributed by atoms with Crippen LogP contribution in [0.4, 0.5) is 0 Å². The molecule has 4 rings (SSSR count). The number of carbonyl (C=O) groups excluding carboxylic acids is 2. The number of fused-ring (bicyclic) bond motifs is 1. The molecule has 1 heterocycles. The molecule has 0 N–H and O–H groups in total. The van der Waals surface area contributed by atoms with Crippen LogP contribution in [0.3, 0.4) is 0 Å². The highest BCUT2D eigenvalue weighted by Crippen LogP contribution is 2.36. The first-order valence-corrected chi connectivity index (χ1v) is 10.6. The Hall–Kier alpha value is -3.86. The van der Waals surface area contributed by atoms with E-state index in [2.05, 4.69) is 6.92 Å². The third kappa shape index (κ3) is 4.57. The van der Waals surface area contributed by atoms with Gasteiger partial charge in [0.1, 0.15) is 11.5 Å². The number of Topliss-reactive ketones (excluding diaryl/α,β-unsaturated/α-hetero) is 1. The van der Waals surface area contributed by atoms with Crippen molar-refractivity contribution in [2.75, 3.05) is 6.61 Å². The van der Waals surface area contributed by atoms with E-state index >= 15 is 0 Å². The average molecular weight is 428 g/mol. The third-order valence-electron chi connectivity index (χ3n) is 5.18. The second-order valence-electron chi connectivity index (χ2n) is 7.35. The largest absolute Gasteiger partial charge is 0.474 e. The fourth-order valence-electron chi connectivity index (χ4n) is 3.48. The summed E-state index contributed by atoms with van der Waals surface area (Å²) in [5.74, 6) is 0.404. The zero-order valence-electron chi connectivity index (χ0n) is 18.0. The summed E-state index contributed by atoms with van der Waals surface area (Å²) in [7, 11) is 0. The van der Waals surface area contributed by atoms with Crippen LogP contribution in [0, 0.1) is 0 Å². The van der Waals surface area contributed by atoms with E-state index in [1.54, 1.807) is 43.3 Å². The van der Waals surface area contributed by atoms with E-state index in [0.29, 0.717) is 22.6 Å². The second kappa shape index (κ2) is 9.52. The Morgan fingerprint density at radius 2 is 1.75 bits per heavy atom.